The summed E-state index contributed by atoms with van der Waals surface area (Å²) in [5.41, 5.74) is 0.785. The fourth-order valence-corrected chi connectivity index (χ4v) is 3.44. The average Bonchev–Trinajstić information content (AvgIpc) is 2.66. The summed E-state index contributed by atoms with van der Waals surface area (Å²) in [7, 11) is 1.60. The number of carboxylic acids is 1. The normalized spacial score (nSPS) is 11.6. The SMILES string of the molecule is COc1ccc(SCC(=O)NC(CC(=O)O)c2ccc(SC)cc2)cc1. The van der Waals surface area contributed by atoms with Gasteiger partial charge in [-0.3, -0.25) is 9.59 Å². The predicted octanol–water partition coefficient (Wildman–Crippen LogP) is 3.84. The second-order valence-corrected chi connectivity index (χ2v) is 7.38. The van der Waals surface area contributed by atoms with Crippen LogP contribution in [0.25, 0.3) is 0 Å². The minimum Gasteiger partial charge on any atom is -0.497 e. The lowest BCUT2D eigenvalue weighted by atomic mass is 10.0. The number of methoxy groups -OCH3 is 1. The molecule has 1 amide bonds. The Balaban J connectivity index is 1.97. The fourth-order valence-electron chi connectivity index (χ4n) is 2.32. The molecule has 0 bridgehead atoms. The molecule has 2 aromatic rings. The molecule has 0 saturated carbocycles. The molecule has 1 unspecified atom stereocenters. The van der Waals surface area contributed by atoms with E-state index in [0.29, 0.717) is 0 Å². The van der Waals surface area contributed by atoms with E-state index < -0.39 is 12.0 Å². The van der Waals surface area contributed by atoms with E-state index in [1.54, 1.807) is 18.9 Å². The third-order valence-electron chi connectivity index (χ3n) is 3.66. The van der Waals surface area contributed by atoms with Crippen molar-refractivity contribution in [2.75, 3.05) is 19.1 Å². The minimum absolute atomic E-state index is 0.155. The molecule has 0 aliphatic rings. The van der Waals surface area contributed by atoms with E-state index in [4.69, 9.17) is 9.84 Å². The first kappa shape index (κ1) is 20.2. The van der Waals surface area contributed by atoms with Crippen LogP contribution < -0.4 is 10.1 Å². The minimum atomic E-state index is -0.952. The van der Waals surface area contributed by atoms with Gasteiger partial charge in [-0.2, -0.15) is 0 Å². The second-order valence-electron chi connectivity index (χ2n) is 5.46. The third kappa shape index (κ3) is 6.31. The van der Waals surface area contributed by atoms with Crippen LogP contribution in [0.2, 0.25) is 0 Å². The van der Waals surface area contributed by atoms with Gasteiger partial charge in [-0.25, -0.2) is 0 Å². The number of rotatable bonds is 9. The maximum Gasteiger partial charge on any atom is 0.305 e. The fraction of sp³-hybridized carbons (Fsp3) is 0.263. The number of nitrogens with one attached hydrogen (secondary N) is 1. The molecule has 0 aliphatic carbocycles. The summed E-state index contributed by atoms with van der Waals surface area (Å²) in [6.07, 6.45) is 1.82. The Morgan fingerprint density at radius 2 is 1.69 bits per heavy atom. The van der Waals surface area contributed by atoms with Gasteiger partial charge in [0.2, 0.25) is 5.91 Å². The molecule has 2 aromatic carbocycles. The number of hydrogen-bond donors (Lipinski definition) is 2. The van der Waals surface area contributed by atoms with Crippen molar-refractivity contribution >= 4 is 35.4 Å². The molecule has 1 atom stereocenters. The van der Waals surface area contributed by atoms with Gasteiger partial charge in [0.05, 0.1) is 25.3 Å². The average molecular weight is 392 g/mol. The quantitative estimate of drug-likeness (QED) is 0.633. The van der Waals surface area contributed by atoms with E-state index in [9.17, 15) is 9.59 Å². The topological polar surface area (TPSA) is 75.6 Å². The number of thioether (sulfide) groups is 2. The van der Waals surface area contributed by atoms with Gasteiger partial charge in [-0.1, -0.05) is 12.1 Å². The van der Waals surface area contributed by atoms with Crippen molar-refractivity contribution in [2.24, 2.45) is 0 Å². The first-order valence-corrected chi connectivity index (χ1v) is 10.1. The summed E-state index contributed by atoms with van der Waals surface area (Å²) in [5.74, 6) is -0.183. The molecular formula is C19H21NO4S2. The Bertz CT molecular complexity index is 732. The van der Waals surface area contributed by atoms with Gasteiger partial charge < -0.3 is 15.2 Å². The van der Waals surface area contributed by atoms with Crippen LogP contribution in [-0.4, -0.2) is 36.1 Å². The van der Waals surface area contributed by atoms with Crippen LogP contribution in [0.4, 0.5) is 0 Å². The molecule has 7 heteroatoms. The number of carboxylic acid groups (broad SMARTS) is 1. The third-order valence-corrected chi connectivity index (χ3v) is 5.42. The Morgan fingerprint density at radius 1 is 1.08 bits per heavy atom. The smallest absolute Gasteiger partial charge is 0.305 e. The Morgan fingerprint density at radius 3 is 2.23 bits per heavy atom. The van der Waals surface area contributed by atoms with Crippen LogP contribution in [-0.2, 0) is 9.59 Å². The van der Waals surface area contributed by atoms with E-state index in [1.807, 2.05) is 54.8 Å². The molecule has 0 fully saturated rings. The van der Waals surface area contributed by atoms with E-state index in [2.05, 4.69) is 5.32 Å². The first-order valence-electron chi connectivity index (χ1n) is 7.93. The summed E-state index contributed by atoms with van der Waals surface area (Å²) in [6.45, 7) is 0. The zero-order valence-corrected chi connectivity index (χ0v) is 16.2. The van der Waals surface area contributed by atoms with Gasteiger partial charge in [0.1, 0.15) is 5.75 Å². The molecule has 26 heavy (non-hydrogen) atoms. The molecule has 5 nitrogen and oxygen atoms in total. The molecule has 2 rings (SSSR count). The van der Waals surface area contributed by atoms with Crippen LogP contribution in [0.1, 0.15) is 18.0 Å². The molecular weight excluding hydrogens is 370 g/mol. The van der Waals surface area contributed by atoms with Crippen molar-refractivity contribution in [3.05, 3.63) is 54.1 Å². The molecule has 0 radical (unpaired) electrons. The van der Waals surface area contributed by atoms with E-state index in [-0.39, 0.29) is 18.1 Å². The highest BCUT2D eigenvalue weighted by Gasteiger charge is 2.18. The molecule has 0 aromatic heterocycles. The van der Waals surface area contributed by atoms with Crippen molar-refractivity contribution in [1.29, 1.82) is 0 Å². The number of carbonyl (C=O) groups is 2. The standard InChI is InChI=1S/C19H21NO4S2/c1-24-14-5-9-16(10-6-14)26-12-18(21)20-17(11-19(22)23)13-3-7-15(25-2)8-4-13/h3-10,17H,11-12H2,1-2H3,(H,20,21)(H,22,23). The van der Waals surface area contributed by atoms with Crippen LogP contribution in [0.3, 0.4) is 0 Å². The Hall–Kier alpha value is -2.12. The van der Waals surface area contributed by atoms with Gasteiger partial charge in [-0.05, 0) is 48.2 Å². The van der Waals surface area contributed by atoms with Gasteiger partial charge >= 0.3 is 5.97 Å². The molecule has 138 valence electrons. The number of amides is 1. The van der Waals surface area contributed by atoms with Crippen molar-refractivity contribution in [3.63, 3.8) is 0 Å². The summed E-state index contributed by atoms with van der Waals surface area (Å²) < 4.78 is 5.10. The van der Waals surface area contributed by atoms with Gasteiger partial charge in [0.15, 0.2) is 0 Å². The summed E-state index contributed by atoms with van der Waals surface area (Å²) in [6, 6.07) is 14.4. The highest BCUT2D eigenvalue weighted by molar-refractivity contribution is 8.00. The molecule has 0 aliphatic heterocycles. The van der Waals surface area contributed by atoms with Gasteiger partial charge in [0, 0.05) is 9.79 Å². The highest BCUT2D eigenvalue weighted by atomic mass is 32.2. The Labute approximate surface area is 161 Å². The van der Waals surface area contributed by atoms with Crippen molar-refractivity contribution in [2.45, 2.75) is 22.3 Å². The number of aliphatic carboxylic acids is 1. The van der Waals surface area contributed by atoms with Gasteiger partial charge in [-0.15, -0.1) is 23.5 Å². The monoisotopic (exact) mass is 391 g/mol. The van der Waals surface area contributed by atoms with Crippen LogP contribution in [0, 0.1) is 0 Å². The van der Waals surface area contributed by atoms with Crippen LogP contribution in [0.15, 0.2) is 58.3 Å². The van der Waals surface area contributed by atoms with Gasteiger partial charge in [0.25, 0.3) is 0 Å². The maximum atomic E-state index is 12.3. The molecule has 2 N–H and O–H groups in total. The lowest BCUT2D eigenvalue weighted by Gasteiger charge is -2.18. The zero-order chi connectivity index (χ0) is 18.9. The highest BCUT2D eigenvalue weighted by Crippen LogP contribution is 2.23. The Kier molecular flexibility index (Phi) is 7.87. The second kappa shape index (κ2) is 10.1. The van der Waals surface area contributed by atoms with E-state index in [1.165, 1.54) is 11.8 Å². The molecule has 0 heterocycles. The van der Waals surface area contributed by atoms with Crippen molar-refractivity contribution in [3.8, 4) is 5.75 Å². The van der Waals surface area contributed by atoms with E-state index in [0.717, 1.165) is 21.1 Å². The summed E-state index contributed by atoms with van der Waals surface area (Å²) >= 11 is 3.00. The lowest BCUT2D eigenvalue weighted by Crippen LogP contribution is -2.31. The van der Waals surface area contributed by atoms with Crippen molar-refractivity contribution in [1.82, 2.24) is 5.32 Å². The molecule has 0 saturated heterocycles. The number of benzene rings is 2. The lowest BCUT2D eigenvalue weighted by molar-refractivity contribution is -0.137. The van der Waals surface area contributed by atoms with Crippen LogP contribution >= 0.6 is 23.5 Å². The van der Waals surface area contributed by atoms with Crippen LogP contribution in [0.5, 0.6) is 5.75 Å². The van der Waals surface area contributed by atoms with E-state index >= 15 is 0 Å². The van der Waals surface area contributed by atoms with Crippen molar-refractivity contribution < 1.29 is 19.4 Å². The molecule has 0 spiro atoms. The largest absolute Gasteiger partial charge is 0.497 e. The number of ether oxygens (including phenoxy) is 1. The summed E-state index contributed by atoms with van der Waals surface area (Å²) in [5, 5.41) is 12.0. The summed E-state index contributed by atoms with van der Waals surface area (Å²) in [4.78, 5) is 25.5. The first-order chi connectivity index (χ1) is 12.5. The zero-order valence-electron chi connectivity index (χ0n) is 14.6. The maximum absolute atomic E-state index is 12.3. The predicted molar refractivity (Wildman–Crippen MR) is 105 cm³/mol. The number of hydrogen-bond acceptors (Lipinski definition) is 5. The number of carbonyl (C=O) groups excluding carboxylic acids is 1.